The summed E-state index contributed by atoms with van der Waals surface area (Å²) in [4.78, 5) is 30.2. The molecule has 6 heteroatoms. The molecule has 2 fully saturated rings. The molecule has 0 aromatic heterocycles. The van der Waals surface area contributed by atoms with Crippen LogP contribution in [0.4, 0.5) is 0 Å². The van der Waals surface area contributed by atoms with Crippen LogP contribution in [0.5, 0.6) is 0 Å². The molecule has 2 heterocycles. The van der Waals surface area contributed by atoms with Gasteiger partial charge in [0.1, 0.15) is 0 Å². The van der Waals surface area contributed by atoms with E-state index in [2.05, 4.69) is 5.32 Å². The molecule has 1 atom stereocenters. The van der Waals surface area contributed by atoms with Crippen molar-refractivity contribution in [2.75, 3.05) is 59.9 Å². The van der Waals surface area contributed by atoms with E-state index in [1.54, 1.807) is 0 Å². The highest BCUT2D eigenvalue weighted by Gasteiger charge is 2.40. The first-order valence-corrected chi connectivity index (χ1v) is 7.35. The second-order valence-electron chi connectivity index (χ2n) is 6.40. The number of carbonyl (C=O) groups excluding carboxylic acids is 2. The summed E-state index contributed by atoms with van der Waals surface area (Å²) in [5.41, 5.74) is -0.254. The molecule has 2 aliphatic rings. The lowest BCUT2D eigenvalue weighted by atomic mass is 9.88. The van der Waals surface area contributed by atoms with Crippen molar-refractivity contribution in [3.8, 4) is 0 Å². The molecule has 0 aromatic rings. The number of hydrogen-bond acceptors (Lipinski definition) is 4. The van der Waals surface area contributed by atoms with E-state index in [1.807, 2.05) is 35.7 Å². The highest BCUT2D eigenvalue weighted by atomic mass is 16.2. The second-order valence-corrected chi connectivity index (χ2v) is 6.40. The van der Waals surface area contributed by atoms with E-state index >= 15 is 0 Å². The van der Waals surface area contributed by atoms with Gasteiger partial charge in [-0.3, -0.25) is 9.59 Å². The van der Waals surface area contributed by atoms with Crippen LogP contribution in [0.1, 0.15) is 13.3 Å². The summed E-state index contributed by atoms with van der Waals surface area (Å²) in [6.45, 7) is 6.80. The molecule has 2 amide bonds. The standard InChI is InChI=1S/C14H26N4O2/c1-14(4-5-15-11-14)13(20)18-8-6-17(7-9-18)12(19)10-16(2)3/h15H,4-11H2,1-3H3. The smallest absolute Gasteiger partial charge is 0.236 e. The summed E-state index contributed by atoms with van der Waals surface area (Å²) < 4.78 is 0. The molecule has 114 valence electrons. The first kappa shape index (κ1) is 15.3. The molecule has 2 aliphatic heterocycles. The largest absolute Gasteiger partial charge is 0.339 e. The molecule has 2 rings (SSSR count). The van der Waals surface area contributed by atoms with E-state index in [-0.39, 0.29) is 17.2 Å². The molecule has 0 radical (unpaired) electrons. The topological polar surface area (TPSA) is 55.9 Å². The van der Waals surface area contributed by atoms with Crippen LogP contribution in [-0.2, 0) is 9.59 Å². The first-order chi connectivity index (χ1) is 9.42. The Labute approximate surface area is 121 Å². The van der Waals surface area contributed by atoms with Crippen LogP contribution in [0.25, 0.3) is 0 Å². The van der Waals surface area contributed by atoms with Crippen molar-refractivity contribution >= 4 is 11.8 Å². The SMILES string of the molecule is CN(C)CC(=O)N1CCN(C(=O)C2(C)CCNC2)CC1. The van der Waals surface area contributed by atoms with Gasteiger partial charge in [-0.25, -0.2) is 0 Å². The van der Waals surface area contributed by atoms with Crippen molar-refractivity contribution in [2.45, 2.75) is 13.3 Å². The lowest BCUT2D eigenvalue weighted by molar-refractivity contribution is -0.145. The monoisotopic (exact) mass is 282 g/mol. The summed E-state index contributed by atoms with van der Waals surface area (Å²) in [5.74, 6) is 0.387. The Morgan fingerprint density at radius 2 is 1.75 bits per heavy atom. The summed E-state index contributed by atoms with van der Waals surface area (Å²) >= 11 is 0. The molecular formula is C14H26N4O2. The van der Waals surface area contributed by atoms with Gasteiger partial charge in [-0.15, -0.1) is 0 Å². The highest BCUT2D eigenvalue weighted by Crippen LogP contribution is 2.27. The minimum atomic E-state index is -0.254. The number of likely N-dealkylation sites (N-methyl/N-ethyl adjacent to an activating group) is 1. The summed E-state index contributed by atoms with van der Waals surface area (Å²) in [6, 6.07) is 0. The molecule has 0 spiro atoms. The van der Waals surface area contributed by atoms with E-state index < -0.39 is 0 Å². The van der Waals surface area contributed by atoms with Crippen molar-refractivity contribution < 1.29 is 9.59 Å². The molecule has 6 nitrogen and oxygen atoms in total. The van der Waals surface area contributed by atoms with Gasteiger partial charge in [0.05, 0.1) is 12.0 Å². The second kappa shape index (κ2) is 6.10. The van der Waals surface area contributed by atoms with Gasteiger partial charge in [0.2, 0.25) is 11.8 Å². The van der Waals surface area contributed by atoms with Crippen LogP contribution in [0.15, 0.2) is 0 Å². The Morgan fingerprint density at radius 1 is 1.15 bits per heavy atom. The average molecular weight is 282 g/mol. The van der Waals surface area contributed by atoms with Gasteiger partial charge in [-0.05, 0) is 34.0 Å². The molecule has 0 saturated carbocycles. The maximum Gasteiger partial charge on any atom is 0.236 e. The predicted molar refractivity (Wildman–Crippen MR) is 77.3 cm³/mol. The molecule has 1 N–H and O–H groups in total. The first-order valence-electron chi connectivity index (χ1n) is 7.35. The number of hydrogen-bond donors (Lipinski definition) is 1. The van der Waals surface area contributed by atoms with Crippen molar-refractivity contribution in [1.29, 1.82) is 0 Å². The van der Waals surface area contributed by atoms with Gasteiger partial charge >= 0.3 is 0 Å². The summed E-state index contributed by atoms with van der Waals surface area (Å²) in [7, 11) is 3.79. The lowest BCUT2D eigenvalue weighted by Gasteiger charge is -2.38. The van der Waals surface area contributed by atoms with Crippen LogP contribution in [-0.4, -0.2) is 86.4 Å². The third-order valence-electron chi connectivity index (χ3n) is 4.26. The number of amides is 2. The number of nitrogens with zero attached hydrogens (tertiary/aromatic N) is 3. The summed E-state index contributed by atoms with van der Waals surface area (Å²) in [5, 5.41) is 3.26. The molecular weight excluding hydrogens is 256 g/mol. The number of nitrogens with one attached hydrogen (secondary N) is 1. The maximum atomic E-state index is 12.6. The Morgan fingerprint density at radius 3 is 2.25 bits per heavy atom. The minimum absolute atomic E-state index is 0.149. The van der Waals surface area contributed by atoms with Gasteiger partial charge in [0, 0.05) is 32.7 Å². The van der Waals surface area contributed by atoms with Crippen molar-refractivity contribution in [3.05, 3.63) is 0 Å². The lowest BCUT2D eigenvalue weighted by Crippen LogP contribution is -2.55. The van der Waals surface area contributed by atoms with E-state index in [0.29, 0.717) is 32.7 Å². The van der Waals surface area contributed by atoms with E-state index in [4.69, 9.17) is 0 Å². The molecule has 0 aliphatic carbocycles. The fraction of sp³-hybridized carbons (Fsp3) is 0.857. The number of piperazine rings is 1. The van der Waals surface area contributed by atoms with Gasteiger partial charge in [-0.2, -0.15) is 0 Å². The van der Waals surface area contributed by atoms with E-state index in [9.17, 15) is 9.59 Å². The third kappa shape index (κ3) is 3.30. The van der Waals surface area contributed by atoms with Crippen LogP contribution in [0, 0.1) is 5.41 Å². The fourth-order valence-corrected chi connectivity index (χ4v) is 2.91. The zero-order valence-electron chi connectivity index (χ0n) is 12.8. The quantitative estimate of drug-likeness (QED) is 0.738. The molecule has 2 saturated heterocycles. The van der Waals surface area contributed by atoms with Crippen LogP contribution < -0.4 is 5.32 Å². The predicted octanol–water partition coefficient (Wildman–Crippen LogP) is -0.782. The van der Waals surface area contributed by atoms with Gasteiger partial charge in [0.25, 0.3) is 0 Å². The van der Waals surface area contributed by atoms with E-state index in [0.717, 1.165) is 19.5 Å². The minimum Gasteiger partial charge on any atom is -0.339 e. The van der Waals surface area contributed by atoms with Gasteiger partial charge in [-0.1, -0.05) is 0 Å². The van der Waals surface area contributed by atoms with E-state index in [1.165, 1.54) is 0 Å². The zero-order chi connectivity index (χ0) is 14.8. The molecule has 0 aromatic carbocycles. The zero-order valence-corrected chi connectivity index (χ0v) is 12.8. The molecule has 0 bridgehead atoms. The summed E-state index contributed by atoms with van der Waals surface area (Å²) in [6.07, 6.45) is 0.908. The van der Waals surface area contributed by atoms with Crippen molar-refractivity contribution in [1.82, 2.24) is 20.0 Å². The van der Waals surface area contributed by atoms with Crippen molar-refractivity contribution in [2.24, 2.45) is 5.41 Å². The van der Waals surface area contributed by atoms with Crippen LogP contribution in [0.2, 0.25) is 0 Å². The normalized spacial score (nSPS) is 27.2. The number of carbonyl (C=O) groups is 2. The Kier molecular flexibility index (Phi) is 4.65. The van der Waals surface area contributed by atoms with Gasteiger partial charge < -0.3 is 20.0 Å². The molecule has 20 heavy (non-hydrogen) atoms. The van der Waals surface area contributed by atoms with Crippen LogP contribution >= 0.6 is 0 Å². The van der Waals surface area contributed by atoms with Crippen LogP contribution in [0.3, 0.4) is 0 Å². The molecule has 1 unspecified atom stereocenters. The Hall–Kier alpha value is -1.14. The maximum absolute atomic E-state index is 12.6. The average Bonchev–Trinajstić information content (AvgIpc) is 2.85. The third-order valence-corrected chi connectivity index (χ3v) is 4.26. The number of rotatable bonds is 3. The van der Waals surface area contributed by atoms with Gasteiger partial charge in [0.15, 0.2) is 0 Å². The highest BCUT2D eigenvalue weighted by molar-refractivity contribution is 5.83. The Bertz CT molecular complexity index is 369. The fourth-order valence-electron chi connectivity index (χ4n) is 2.91. The van der Waals surface area contributed by atoms with Crippen molar-refractivity contribution in [3.63, 3.8) is 0 Å². The Balaban J connectivity index is 1.85.